The molecule has 0 spiro atoms. The molecule has 3 nitrogen and oxygen atoms in total. The van der Waals surface area contributed by atoms with Crippen molar-refractivity contribution in [1.82, 2.24) is 4.90 Å². The molecule has 1 heterocycles. The number of methoxy groups -OCH3 is 1. The lowest BCUT2D eigenvalue weighted by atomic mass is 9.94. The van der Waals surface area contributed by atoms with Crippen molar-refractivity contribution in [3.05, 3.63) is 0 Å². The van der Waals surface area contributed by atoms with E-state index in [9.17, 15) is 0 Å². The molecule has 0 aromatic heterocycles. The maximum atomic E-state index is 6.38. The van der Waals surface area contributed by atoms with Gasteiger partial charge in [0.05, 0.1) is 6.61 Å². The SMILES string of the molecule is COCC1CCN(CCC2(N)CCCC2)C1. The second-order valence-corrected chi connectivity index (χ2v) is 5.73. The molecule has 1 unspecified atom stereocenters. The van der Waals surface area contributed by atoms with Gasteiger partial charge in [-0.1, -0.05) is 12.8 Å². The van der Waals surface area contributed by atoms with Crippen molar-refractivity contribution in [2.75, 3.05) is 33.4 Å². The summed E-state index contributed by atoms with van der Waals surface area (Å²) < 4.78 is 5.22. The summed E-state index contributed by atoms with van der Waals surface area (Å²) in [5, 5.41) is 0. The average molecular weight is 226 g/mol. The van der Waals surface area contributed by atoms with Gasteiger partial charge in [0.25, 0.3) is 0 Å². The molecule has 1 aliphatic heterocycles. The first-order valence-electron chi connectivity index (χ1n) is 6.72. The molecule has 1 saturated carbocycles. The number of nitrogens with two attached hydrogens (primary N) is 1. The first-order valence-corrected chi connectivity index (χ1v) is 6.72. The van der Waals surface area contributed by atoms with E-state index in [0.29, 0.717) is 0 Å². The van der Waals surface area contributed by atoms with Crippen LogP contribution >= 0.6 is 0 Å². The topological polar surface area (TPSA) is 38.5 Å². The quantitative estimate of drug-likeness (QED) is 0.774. The Hall–Kier alpha value is -0.120. The zero-order chi connectivity index (χ0) is 11.4. The van der Waals surface area contributed by atoms with E-state index in [1.807, 2.05) is 0 Å². The largest absolute Gasteiger partial charge is 0.384 e. The molecule has 0 radical (unpaired) electrons. The summed E-state index contributed by atoms with van der Waals surface area (Å²) in [5.74, 6) is 0.752. The highest BCUT2D eigenvalue weighted by atomic mass is 16.5. The summed E-state index contributed by atoms with van der Waals surface area (Å²) in [6.07, 6.45) is 7.63. The lowest BCUT2D eigenvalue weighted by molar-refractivity contribution is 0.152. The Morgan fingerprint density at radius 2 is 2.12 bits per heavy atom. The van der Waals surface area contributed by atoms with Crippen LogP contribution in [0.1, 0.15) is 38.5 Å². The first-order chi connectivity index (χ1) is 7.72. The molecule has 1 aliphatic carbocycles. The van der Waals surface area contributed by atoms with Crippen LogP contribution < -0.4 is 5.73 Å². The third kappa shape index (κ3) is 3.19. The van der Waals surface area contributed by atoms with Gasteiger partial charge in [-0.3, -0.25) is 0 Å². The molecule has 0 amide bonds. The minimum Gasteiger partial charge on any atom is -0.384 e. The Labute approximate surface area is 99.3 Å². The summed E-state index contributed by atoms with van der Waals surface area (Å²) in [4.78, 5) is 2.57. The molecule has 16 heavy (non-hydrogen) atoms. The lowest BCUT2D eigenvalue weighted by Crippen LogP contribution is -2.40. The van der Waals surface area contributed by atoms with Gasteiger partial charge in [0.1, 0.15) is 0 Å². The molecular formula is C13H26N2O. The van der Waals surface area contributed by atoms with E-state index in [-0.39, 0.29) is 5.54 Å². The first kappa shape index (κ1) is 12.3. The number of likely N-dealkylation sites (tertiary alicyclic amines) is 1. The summed E-state index contributed by atoms with van der Waals surface area (Å²) in [7, 11) is 1.80. The number of ether oxygens (including phenoxy) is 1. The van der Waals surface area contributed by atoms with Crippen LogP contribution in [0.15, 0.2) is 0 Å². The number of hydrogen-bond acceptors (Lipinski definition) is 3. The fraction of sp³-hybridized carbons (Fsp3) is 1.00. The Bertz CT molecular complexity index is 214. The molecule has 1 atom stereocenters. The molecule has 1 saturated heterocycles. The molecule has 94 valence electrons. The standard InChI is InChI=1S/C13H26N2O/c1-16-11-12-4-8-15(10-12)9-7-13(14)5-2-3-6-13/h12H,2-11,14H2,1H3. The fourth-order valence-corrected chi connectivity index (χ4v) is 3.20. The molecule has 2 fully saturated rings. The molecule has 3 heteroatoms. The van der Waals surface area contributed by atoms with Crippen LogP contribution in [0.3, 0.4) is 0 Å². The van der Waals surface area contributed by atoms with Gasteiger partial charge in [-0.2, -0.15) is 0 Å². The lowest BCUT2D eigenvalue weighted by Gasteiger charge is -2.26. The van der Waals surface area contributed by atoms with Gasteiger partial charge in [-0.05, 0) is 44.7 Å². The highest BCUT2D eigenvalue weighted by Crippen LogP contribution is 2.30. The summed E-state index contributed by atoms with van der Waals surface area (Å²) in [5.41, 5.74) is 6.55. The van der Waals surface area contributed by atoms with E-state index in [2.05, 4.69) is 4.90 Å². The zero-order valence-corrected chi connectivity index (χ0v) is 10.6. The van der Waals surface area contributed by atoms with E-state index in [1.54, 1.807) is 7.11 Å². The van der Waals surface area contributed by atoms with Crippen LogP contribution in [0.25, 0.3) is 0 Å². The Morgan fingerprint density at radius 1 is 1.38 bits per heavy atom. The van der Waals surface area contributed by atoms with Crippen molar-refractivity contribution in [2.45, 2.75) is 44.1 Å². The second-order valence-electron chi connectivity index (χ2n) is 5.73. The Balaban J connectivity index is 1.67. The maximum absolute atomic E-state index is 6.38. The van der Waals surface area contributed by atoms with E-state index < -0.39 is 0 Å². The van der Waals surface area contributed by atoms with Crippen molar-refractivity contribution in [2.24, 2.45) is 11.7 Å². The van der Waals surface area contributed by atoms with Crippen LogP contribution in [0.5, 0.6) is 0 Å². The minimum absolute atomic E-state index is 0.166. The number of nitrogens with zero attached hydrogens (tertiary/aromatic N) is 1. The molecule has 0 bridgehead atoms. The van der Waals surface area contributed by atoms with Crippen LogP contribution in [0.2, 0.25) is 0 Å². The van der Waals surface area contributed by atoms with Gasteiger partial charge < -0.3 is 15.4 Å². The molecular weight excluding hydrogens is 200 g/mol. The highest BCUT2D eigenvalue weighted by molar-refractivity contribution is 4.90. The number of hydrogen-bond donors (Lipinski definition) is 1. The van der Waals surface area contributed by atoms with Crippen LogP contribution in [0, 0.1) is 5.92 Å². The average Bonchev–Trinajstić information content (AvgIpc) is 2.86. The third-order valence-electron chi connectivity index (χ3n) is 4.30. The maximum Gasteiger partial charge on any atom is 0.0503 e. The summed E-state index contributed by atoms with van der Waals surface area (Å²) in [6.45, 7) is 4.56. The second kappa shape index (κ2) is 5.48. The van der Waals surface area contributed by atoms with Gasteiger partial charge in [-0.25, -0.2) is 0 Å². The van der Waals surface area contributed by atoms with Crippen molar-refractivity contribution < 1.29 is 4.74 Å². The van der Waals surface area contributed by atoms with E-state index in [0.717, 1.165) is 12.5 Å². The van der Waals surface area contributed by atoms with Crippen LogP contribution in [-0.4, -0.2) is 43.8 Å². The predicted octanol–water partition coefficient (Wildman–Crippen LogP) is 1.62. The van der Waals surface area contributed by atoms with E-state index in [1.165, 1.54) is 58.2 Å². The molecule has 2 aliphatic rings. The fourth-order valence-electron chi connectivity index (χ4n) is 3.20. The predicted molar refractivity (Wildman–Crippen MR) is 66.4 cm³/mol. The third-order valence-corrected chi connectivity index (χ3v) is 4.30. The van der Waals surface area contributed by atoms with Gasteiger partial charge in [0.2, 0.25) is 0 Å². The van der Waals surface area contributed by atoms with Gasteiger partial charge in [0, 0.05) is 19.2 Å². The van der Waals surface area contributed by atoms with Gasteiger partial charge >= 0.3 is 0 Å². The molecule has 0 aromatic carbocycles. The van der Waals surface area contributed by atoms with Crippen molar-refractivity contribution in [1.29, 1.82) is 0 Å². The summed E-state index contributed by atoms with van der Waals surface area (Å²) >= 11 is 0. The van der Waals surface area contributed by atoms with Crippen LogP contribution in [0.4, 0.5) is 0 Å². The molecule has 2 rings (SSSR count). The zero-order valence-electron chi connectivity index (χ0n) is 10.6. The van der Waals surface area contributed by atoms with E-state index in [4.69, 9.17) is 10.5 Å². The Morgan fingerprint density at radius 3 is 2.81 bits per heavy atom. The monoisotopic (exact) mass is 226 g/mol. The van der Waals surface area contributed by atoms with E-state index >= 15 is 0 Å². The smallest absolute Gasteiger partial charge is 0.0503 e. The molecule has 0 aromatic rings. The summed E-state index contributed by atoms with van der Waals surface area (Å²) in [6, 6.07) is 0. The van der Waals surface area contributed by atoms with Crippen molar-refractivity contribution >= 4 is 0 Å². The normalized spacial score (nSPS) is 30.0. The highest BCUT2D eigenvalue weighted by Gasteiger charge is 2.30. The van der Waals surface area contributed by atoms with Crippen molar-refractivity contribution in [3.63, 3.8) is 0 Å². The molecule has 2 N–H and O–H groups in total. The minimum atomic E-state index is 0.166. The van der Waals surface area contributed by atoms with Crippen LogP contribution in [-0.2, 0) is 4.74 Å². The number of rotatable bonds is 5. The Kier molecular flexibility index (Phi) is 4.22. The van der Waals surface area contributed by atoms with Gasteiger partial charge in [-0.15, -0.1) is 0 Å². The van der Waals surface area contributed by atoms with Crippen molar-refractivity contribution in [3.8, 4) is 0 Å². The van der Waals surface area contributed by atoms with Gasteiger partial charge in [0.15, 0.2) is 0 Å².